The lowest BCUT2D eigenvalue weighted by Gasteiger charge is -2.23. The highest BCUT2D eigenvalue weighted by Crippen LogP contribution is 2.33. The molecule has 30 heavy (non-hydrogen) atoms. The molecule has 0 unspecified atom stereocenters. The summed E-state index contributed by atoms with van der Waals surface area (Å²) in [7, 11) is 1.32. The van der Waals surface area contributed by atoms with Gasteiger partial charge in [-0.25, -0.2) is 9.59 Å². The Kier molecular flexibility index (Phi) is 6.29. The second-order valence-electron chi connectivity index (χ2n) is 7.82. The molecule has 1 aromatic heterocycles. The number of carbonyl (C=O) groups is 3. The Morgan fingerprint density at radius 1 is 1.23 bits per heavy atom. The van der Waals surface area contributed by atoms with Crippen LogP contribution in [0, 0.1) is 5.92 Å². The Labute approximate surface area is 175 Å². The van der Waals surface area contributed by atoms with Gasteiger partial charge in [0.05, 0.1) is 12.7 Å². The summed E-state index contributed by atoms with van der Waals surface area (Å²) in [5, 5.41) is 0. The number of hydrogen-bond donors (Lipinski definition) is 0. The van der Waals surface area contributed by atoms with Crippen LogP contribution in [0.3, 0.4) is 0 Å². The Balaban J connectivity index is 2.09. The van der Waals surface area contributed by atoms with Crippen LogP contribution in [-0.4, -0.2) is 37.2 Å². The minimum absolute atomic E-state index is 0.213. The summed E-state index contributed by atoms with van der Waals surface area (Å²) in [6.45, 7) is 9.09. The van der Waals surface area contributed by atoms with E-state index in [0.29, 0.717) is 41.9 Å². The Hall–Kier alpha value is -3.09. The van der Waals surface area contributed by atoms with E-state index in [4.69, 9.17) is 18.6 Å². The number of rotatable bonds is 3. The van der Waals surface area contributed by atoms with Crippen molar-refractivity contribution in [1.29, 1.82) is 0 Å². The first-order valence-electron chi connectivity index (χ1n) is 9.81. The van der Waals surface area contributed by atoms with E-state index in [2.05, 4.69) is 6.58 Å². The Bertz CT molecular complexity index is 947. The van der Waals surface area contributed by atoms with Crippen LogP contribution in [0.4, 0.5) is 0 Å². The van der Waals surface area contributed by atoms with Crippen molar-refractivity contribution in [3.05, 3.63) is 52.5 Å². The van der Waals surface area contributed by atoms with Gasteiger partial charge in [0.25, 0.3) is 0 Å². The van der Waals surface area contributed by atoms with E-state index in [-0.39, 0.29) is 5.92 Å². The second-order valence-corrected chi connectivity index (χ2v) is 7.82. The van der Waals surface area contributed by atoms with Crippen LogP contribution < -0.4 is 0 Å². The van der Waals surface area contributed by atoms with E-state index >= 15 is 0 Å². The third-order valence-corrected chi connectivity index (χ3v) is 5.29. The van der Waals surface area contributed by atoms with Gasteiger partial charge in [0, 0.05) is 19.8 Å². The zero-order valence-corrected chi connectivity index (χ0v) is 17.7. The summed E-state index contributed by atoms with van der Waals surface area (Å²) in [6.07, 6.45) is 3.42. The first kappa shape index (κ1) is 21.6. The number of fused-ring (bicyclic) bond motifs is 3. The molecule has 1 aromatic rings. The molecule has 3 atom stereocenters. The van der Waals surface area contributed by atoms with Gasteiger partial charge in [-0.3, -0.25) is 4.79 Å². The summed E-state index contributed by atoms with van der Waals surface area (Å²) < 4.78 is 21.8. The molecule has 4 bridgehead atoms. The molecular weight excluding hydrogens is 388 g/mol. The fraction of sp³-hybridized carbons (Fsp3) is 0.435. The average Bonchev–Trinajstić information content (AvgIpc) is 3.21. The average molecular weight is 414 g/mol. The van der Waals surface area contributed by atoms with E-state index in [1.165, 1.54) is 14.0 Å². The third-order valence-electron chi connectivity index (χ3n) is 5.29. The SMILES string of the molecule is C=C(C)[C@H]1Cc2oc(cc2C(=O)OC)/C=C(/C)C[C@H]2C=C(C(=O)O2)[C@H](OC(C)=O)C1. The number of allylic oxidation sites excluding steroid dienone is 1. The van der Waals surface area contributed by atoms with E-state index in [1.807, 2.05) is 19.9 Å². The summed E-state index contributed by atoms with van der Waals surface area (Å²) in [5.41, 5.74) is 2.40. The summed E-state index contributed by atoms with van der Waals surface area (Å²) in [6, 6.07) is 1.65. The lowest BCUT2D eigenvalue weighted by molar-refractivity contribution is -0.147. The van der Waals surface area contributed by atoms with Gasteiger partial charge in [0.1, 0.15) is 29.3 Å². The molecule has 7 nitrogen and oxygen atoms in total. The summed E-state index contributed by atoms with van der Waals surface area (Å²) in [4.78, 5) is 36.5. The van der Waals surface area contributed by atoms with Gasteiger partial charge in [-0.2, -0.15) is 0 Å². The molecule has 2 aliphatic rings. The highest BCUT2D eigenvalue weighted by molar-refractivity contribution is 5.93. The fourth-order valence-corrected chi connectivity index (χ4v) is 3.80. The molecule has 0 fully saturated rings. The minimum Gasteiger partial charge on any atom is -0.465 e. The van der Waals surface area contributed by atoms with Crippen molar-refractivity contribution in [2.24, 2.45) is 5.92 Å². The topological polar surface area (TPSA) is 92.0 Å². The van der Waals surface area contributed by atoms with Gasteiger partial charge in [-0.05, 0) is 44.4 Å². The molecule has 3 rings (SSSR count). The molecule has 0 radical (unpaired) electrons. The van der Waals surface area contributed by atoms with Crippen molar-refractivity contribution in [3.8, 4) is 0 Å². The smallest absolute Gasteiger partial charge is 0.341 e. The number of esters is 3. The largest absolute Gasteiger partial charge is 0.465 e. The van der Waals surface area contributed by atoms with Crippen LogP contribution in [0.2, 0.25) is 0 Å². The molecule has 3 heterocycles. The van der Waals surface area contributed by atoms with Crippen molar-refractivity contribution in [2.45, 2.75) is 52.2 Å². The molecule has 0 aliphatic carbocycles. The van der Waals surface area contributed by atoms with Crippen LogP contribution in [0.25, 0.3) is 6.08 Å². The molecule has 0 saturated carbocycles. The van der Waals surface area contributed by atoms with E-state index in [9.17, 15) is 14.4 Å². The maximum atomic E-state index is 12.5. The van der Waals surface area contributed by atoms with Gasteiger partial charge in [-0.15, -0.1) is 0 Å². The normalized spacial score (nSPS) is 25.5. The number of furan rings is 1. The molecule has 0 N–H and O–H groups in total. The highest BCUT2D eigenvalue weighted by Gasteiger charge is 2.35. The maximum absolute atomic E-state index is 12.5. The molecule has 7 heteroatoms. The Morgan fingerprint density at radius 3 is 2.60 bits per heavy atom. The van der Waals surface area contributed by atoms with Gasteiger partial charge < -0.3 is 18.6 Å². The lowest BCUT2D eigenvalue weighted by Crippen LogP contribution is -2.26. The quantitative estimate of drug-likeness (QED) is 0.422. The van der Waals surface area contributed by atoms with Crippen molar-refractivity contribution in [2.75, 3.05) is 7.11 Å². The van der Waals surface area contributed by atoms with E-state index < -0.39 is 30.1 Å². The summed E-state index contributed by atoms with van der Waals surface area (Å²) in [5.74, 6) is -0.686. The first-order chi connectivity index (χ1) is 14.2. The van der Waals surface area contributed by atoms with Crippen LogP contribution in [0.15, 0.2) is 39.9 Å². The van der Waals surface area contributed by atoms with Crippen molar-refractivity contribution in [1.82, 2.24) is 0 Å². The summed E-state index contributed by atoms with van der Waals surface area (Å²) >= 11 is 0. The first-order valence-corrected chi connectivity index (χ1v) is 9.81. The monoisotopic (exact) mass is 414 g/mol. The predicted octanol–water partition coefficient (Wildman–Crippen LogP) is 3.78. The van der Waals surface area contributed by atoms with Gasteiger partial charge in [0.15, 0.2) is 0 Å². The van der Waals surface area contributed by atoms with E-state index in [1.54, 1.807) is 12.1 Å². The van der Waals surface area contributed by atoms with E-state index in [0.717, 1.165) is 11.1 Å². The highest BCUT2D eigenvalue weighted by atomic mass is 16.6. The molecule has 0 amide bonds. The van der Waals surface area contributed by atoms with Crippen LogP contribution in [0.1, 0.15) is 55.5 Å². The lowest BCUT2D eigenvalue weighted by atomic mass is 9.87. The maximum Gasteiger partial charge on any atom is 0.341 e. The zero-order chi connectivity index (χ0) is 22.0. The second kappa shape index (κ2) is 8.73. The molecule has 0 aromatic carbocycles. The number of ether oxygens (including phenoxy) is 3. The number of methoxy groups -OCH3 is 1. The minimum atomic E-state index is -0.775. The molecule has 0 spiro atoms. The molecule has 0 saturated heterocycles. The van der Waals surface area contributed by atoms with Gasteiger partial charge in [-0.1, -0.05) is 17.7 Å². The number of carbonyl (C=O) groups excluding carboxylic acids is 3. The predicted molar refractivity (Wildman–Crippen MR) is 108 cm³/mol. The van der Waals surface area contributed by atoms with Crippen molar-refractivity contribution < 1.29 is 33.0 Å². The van der Waals surface area contributed by atoms with Gasteiger partial charge in [0.2, 0.25) is 0 Å². The Morgan fingerprint density at radius 2 is 1.97 bits per heavy atom. The fourth-order valence-electron chi connectivity index (χ4n) is 3.80. The van der Waals surface area contributed by atoms with Crippen LogP contribution in [-0.2, 0) is 30.2 Å². The molecular formula is C23H26O7. The zero-order valence-electron chi connectivity index (χ0n) is 17.7. The standard InChI is InChI=1S/C23H26O7/c1-12(2)15-8-20(28-14(4)24)19-11-17(30-23(19)26)7-13(3)6-16-10-18(22(25)27-5)21(9-15)29-16/h6,10-11,15,17,20H,1,7-9H2,2-5H3/b13-6-/t15-,17+,20-/m1/s1. The van der Waals surface area contributed by atoms with Crippen molar-refractivity contribution in [3.63, 3.8) is 0 Å². The van der Waals surface area contributed by atoms with Crippen molar-refractivity contribution >= 4 is 24.0 Å². The number of hydrogen-bond acceptors (Lipinski definition) is 7. The van der Waals surface area contributed by atoms with Crippen LogP contribution >= 0.6 is 0 Å². The molecule has 2 aliphatic heterocycles. The van der Waals surface area contributed by atoms with Crippen LogP contribution in [0.5, 0.6) is 0 Å². The third kappa shape index (κ3) is 4.72. The van der Waals surface area contributed by atoms with Gasteiger partial charge >= 0.3 is 17.9 Å². The molecule has 160 valence electrons.